The van der Waals surface area contributed by atoms with E-state index < -0.39 is 0 Å². The first-order chi connectivity index (χ1) is 8.36. The Hall–Kier alpha value is -1.00. The van der Waals surface area contributed by atoms with Crippen LogP contribution in [0.3, 0.4) is 0 Å². The van der Waals surface area contributed by atoms with Crippen molar-refractivity contribution in [3.05, 3.63) is 35.9 Å². The van der Waals surface area contributed by atoms with Crippen molar-refractivity contribution in [1.29, 1.82) is 0 Å². The van der Waals surface area contributed by atoms with Crippen molar-refractivity contribution in [2.45, 2.75) is 31.1 Å². The van der Waals surface area contributed by atoms with E-state index in [1.165, 1.54) is 29.9 Å². The number of hydrogen-bond donors (Lipinski definition) is 1. The van der Waals surface area contributed by atoms with Crippen LogP contribution in [0.1, 0.15) is 24.2 Å². The van der Waals surface area contributed by atoms with E-state index in [0.29, 0.717) is 6.54 Å². The lowest BCUT2D eigenvalue weighted by Gasteiger charge is -2.08. The molecule has 90 valence electrons. The number of nitrogens with two attached hydrogens (primary N) is 1. The molecule has 3 nitrogen and oxygen atoms in total. The molecule has 4 heteroatoms. The highest BCUT2D eigenvalue weighted by atomic mass is 32.2. The molecule has 17 heavy (non-hydrogen) atoms. The molecule has 1 atom stereocenters. The van der Waals surface area contributed by atoms with Gasteiger partial charge in [0, 0.05) is 24.4 Å². The Kier molecular flexibility index (Phi) is 3.07. The maximum Gasteiger partial charge on any atom is 0.114 e. The van der Waals surface area contributed by atoms with Gasteiger partial charge in [-0.2, -0.15) is 11.8 Å². The number of hydrogen-bond acceptors (Lipinski definition) is 3. The first kappa shape index (κ1) is 11.1. The van der Waals surface area contributed by atoms with E-state index >= 15 is 0 Å². The van der Waals surface area contributed by atoms with Crippen LogP contribution in [-0.2, 0) is 13.0 Å². The van der Waals surface area contributed by atoms with Gasteiger partial charge in [-0.15, -0.1) is 0 Å². The summed E-state index contributed by atoms with van der Waals surface area (Å²) in [5.74, 6) is 2.48. The van der Waals surface area contributed by atoms with Crippen LogP contribution in [0.15, 0.2) is 24.5 Å². The Balaban J connectivity index is 1.92. The van der Waals surface area contributed by atoms with Crippen molar-refractivity contribution in [3.63, 3.8) is 0 Å². The third kappa shape index (κ3) is 2.19. The highest BCUT2D eigenvalue weighted by Gasteiger charge is 2.18. The Morgan fingerprint density at radius 2 is 2.41 bits per heavy atom. The molecule has 1 aliphatic rings. The molecule has 2 N–H and O–H groups in total. The first-order valence-corrected chi connectivity index (χ1v) is 7.18. The summed E-state index contributed by atoms with van der Waals surface area (Å²) >= 11 is 2.08. The zero-order chi connectivity index (χ0) is 11.7. The molecule has 0 bridgehead atoms. The Morgan fingerprint density at radius 1 is 1.47 bits per heavy atom. The molecule has 0 spiro atoms. The van der Waals surface area contributed by atoms with E-state index in [1.54, 1.807) is 0 Å². The van der Waals surface area contributed by atoms with Gasteiger partial charge >= 0.3 is 0 Å². The van der Waals surface area contributed by atoms with Crippen LogP contribution >= 0.6 is 11.8 Å². The second-order valence-electron chi connectivity index (χ2n) is 4.55. The van der Waals surface area contributed by atoms with E-state index in [9.17, 15) is 0 Å². The number of nitrogens with zero attached hydrogens (tertiary/aromatic N) is 2. The van der Waals surface area contributed by atoms with Crippen LogP contribution in [0.4, 0.5) is 0 Å². The third-order valence-electron chi connectivity index (χ3n) is 3.34. The molecule has 2 aromatic rings. The smallest absolute Gasteiger partial charge is 0.114 e. The summed E-state index contributed by atoms with van der Waals surface area (Å²) in [4.78, 5) is 4.54. The van der Waals surface area contributed by atoms with E-state index in [4.69, 9.17) is 5.73 Å². The molecular weight excluding hydrogens is 230 g/mol. The minimum Gasteiger partial charge on any atom is -0.326 e. The van der Waals surface area contributed by atoms with Crippen LogP contribution in [0, 0.1) is 0 Å². The zero-order valence-electron chi connectivity index (χ0n) is 9.80. The molecule has 3 heterocycles. The summed E-state index contributed by atoms with van der Waals surface area (Å²) in [5, 5.41) is 0.752. The zero-order valence-corrected chi connectivity index (χ0v) is 10.6. The van der Waals surface area contributed by atoms with Crippen LogP contribution in [-0.4, -0.2) is 20.4 Å². The fourth-order valence-electron chi connectivity index (χ4n) is 2.37. The number of pyridine rings is 1. The second kappa shape index (κ2) is 4.70. The highest BCUT2D eigenvalue weighted by Crippen LogP contribution is 2.28. The maximum atomic E-state index is 5.69. The molecule has 1 aliphatic heterocycles. The molecule has 2 aromatic heterocycles. The van der Waals surface area contributed by atoms with E-state index in [-0.39, 0.29) is 0 Å². The second-order valence-corrected chi connectivity index (χ2v) is 5.96. The Morgan fingerprint density at radius 3 is 3.18 bits per heavy atom. The molecule has 1 unspecified atom stereocenters. The summed E-state index contributed by atoms with van der Waals surface area (Å²) in [6, 6.07) is 4.17. The number of fused-ring (bicyclic) bond motifs is 1. The Bertz CT molecular complexity index is 514. The molecule has 0 aliphatic carbocycles. The fraction of sp³-hybridized carbons (Fsp3) is 0.462. The maximum absolute atomic E-state index is 5.69. The number of aromatic nitrogens is 2. The largest absolute Gasteiger partial charge is 0.326 e. The van der Waals surface area contributed by atoms with Crippen molar-refractivity contribution >= 4 is 17.3 Å². The van der Waals surface area contributed by atoms with Crippen molar-refractivity contribution in [3.8, 4) is 0 Å². The lowest BCUT2D eigenvalue weighted by molar-refractivity contribution is 0.742. The minimum absolute atomic E-state index is 0.589. The quantitative estimate of drug-likeness (QED) is 0.904. The predicted octanol–water partition coefficient (Wildman–Crippen LogP) is 2.23. The van der Waals surface area contributed by atoms with Gasteiger partial charge in [0.25, 0.3) is 0 Å². The average molecular weight is 247 g/mol. The fourth-order valence-corrected chi connectivity index (χ4v) is 3.64. The normalized spacial score (nSPS) is 20.2. The number of imidazole rings is 1. The molecule has 1 fully saturated rings. The number of rotatable bonds is 3. The van der Waals surface area contributed by atoms with Gasteiger partial charge in [-0.05, 0) is 30.2 Å². The van der Waals surface area contributed by atoms with Crippen molar-refractivity contribution in [2.75, 3.05) is 5.75 Å². The van der Waals surface area contributed by atoms with Crippen molar-refractivity contribution in [1.82, 2.24) is 9.38 Å². The van der Waals surface area contributed by atoms with Crippen LogP contribution in [0.2, 0.25) is 0 Å². The van der Waals surface area contributed by atoms with Gasteiger partial charge in [0.15, 0.2) is 0 Å². The third-order valence-corrected chi connectivity index (χ3v) is 4.73. The molecule has 0 aromatic carbocycles. The summed E-state index contributed by atoms with van der Waals surface area (Å²) < 4.78 is 2.20. The Labute approximate surface area is 105 Å². The standard InChI is InChI=1S/C13H17N3S/c14-7-10-3-4-11-8-15-13(16(11)9-10)6-12-2-1-5-17-12/h3-4,8-9,12H,1-2,5-7,14H2. The van der Waals surface area contributed by atoms with Gasteiger partial charge in [0.05, 0.1) is 11.7 Å². The van der Waals surface area contributed by atoms with Gasteiger partial charge in [0.2, 0.25) is 0 Å². The van der Waals surface area contributed by atoms with E-state index in [1.807, 2.05) is 6.20 Å². The summed E-state index contributed by atoms with van der Waals surface area (Å²) in [6.45, 7) is 0.589. The van der Waals surface area contributed by atoms with E-state index in [2.05, 4.69) is 39.5 Å². The SMILES string of the molecule is NCc1ccc2cnc(CC3CCCS3)n2c1. The lowest BCUT2D eigenvalue weighted by Crippen LogP contribution is -2.07. The van der Waals surface area contributed by atoms with Crippen LogP contribution < -0.4 is 5.73 Å². The molecule has 0 saturated carbocycles. The van der Waals surface area contributed by atoms with E-state index in [0.717, 1.165) is 17.2 Å². The topological polar surface area (TPSA) is 43.3 Å². The van der Waals surface area contributed by atoms with Crippen LogP contribution in [0.5, 0.6) is 0 Å². The van der Waals surface area contributed by atoms with Gasteiger partial charge in [-0.25, -0.2) is 4.98 Å². The molecular formula is C13H17N3S. The summed E-state index contributed by atoms with van der Waals surface area (Å²) in [7, 11) is 0. The average Bonchev–Trinajstić information content (AvgIpc) is 2.99. The first-order valence-electron chi connectivity index (χ1n) is 6.13. The molecule has 3 rings (SSSR count). The predicted molar refractivity (Wildman–Crippen MR) is 72.3 cm³/mol. The van der Waals surface area contributed by atoms with Crippen molar-refractivity contribution < 1.29 is 0 Å². The monoisotopic (exact) mass is 247 g/mol. The summed E-state index contributed by atoms with van der Waals surface area (Å²) in [5.41, 5.74) is 8.02. The van der Waals surface area contributed by atoms with Gasteiger partial charge in [-0.3, -0.25) is 0 Å². The van der Waals surface area contributed by atoms with Crippen LogP contribution in [0.25, 0.3) is 5.52 Å². The highest BCUT2D eigenvalue weighted by molar-refractivity contribution is 8.00. The minimum atomic E-state index is 0.589. The van der Waals surface area contributed by atoms with Gasteiger partial charge in [-0.1, -0.05) is 6.07 Å². The van der Waals surface area contributed by atoms with Gasteiger partial charge in [0.1, 0.15) is 5.82 Å². The van der Waals surface area contributed by atoms with Crippen molar-refractivity contribution in [2.24, 2.45) is 5.73 Å². The summed E-state index contributed by atoms with van der Waals surface area (Å²) in [6.07, 6.45) is 7.84. The lowest BCUT2D eigenvalue weighted by atomic mass is 10.2. The molecule has 1 saturated heterocycles. The number of thioether (sulfide) groups is 1. The van der Waals surface area contributed by atoms with Gasteiger partial charge < -0.3 is 10.1 Å². The molecule has 0 amide bonds. The molecule has 0 radical (unpaired) electrons.